The van der Waals surface area contributed by atoms with Crippen molar-refractivity contribution in [2.45, 2.75) is 46.2 Å². The predicted molar refractivity (Wildman–Crippen MR) is 125 cm³/mol. The number of aryl methyl sites for hydroxylation is 3. The van der Waals surface area contributed by atoms with E-state index in [4.69, 9.17) is 0 Å². The summed E-state index contributed by atoms with van der Waals surface area (Å²) in [6.07, 6.45) is -3.91. The summed E-state index contributed by atoms with van der Waals surface area (Å²) in [5.74, 6) is 12.2. The number of hydrogen-bond donors (Lipinski definition) is 0. The van der Waals surface area contributed by atoms with Crippen LogP contribution in [0.3, 0.4) is 0 Å². The maximum Gasteiger partial charge on any atom is 0.393 e. The third-order valence-electron chi connectivity index (χ3n) is 5.00. The van der Waals surface area contributed by atoms with Gasteiger partial charge in [0.25, 0.3) is 0 Å². The average molecular weight is 431 g/mol. The molecule has 3 rings (SSSR count). The second kappa shape index (κ2) is 10.3. The van der Waals surface area contributed by atoms with Gasteiger partial charge in [0.15, 0.2) is 0 Å². The highest BCUT2D eigenvalue weighted by atomic mass is 19.4. The highest BCUT2D eigenvalue weighted by Gasteiger charge is 2.29. The van der Waals surface area contributed by atoms with Crippen molar-refractivity contribution in [2.24, 2.45) is 0 Å². The number of alkyl halides is 3. The molecule has 3 heteroatoms. The lowest BCUT2D eigenvalue weighted by Gasteiger charge is -2.13. The number of hydrogen-bond acceptors (Lipinski definition) is 0. The summed E-state index contributed by atoms with van der Waals surface area (Å²) in [5, 5.41) is 0. The topological polar surface area (TPSA) is 0 Å². The molecule has 0 amide bonds. The molecule has 0 N–H and O–H groups in total. The van der Waals surface area contributed by atoms with E-state index in [2.05, 4.69) is 23.7 Å². The Bertz CT molecular complexity index is 1190. The van der Waals surface area contributed by atoms with Crippen molar-refractivity contribution in [2.75, 3.05) is 0 Å². The van der Waals surface area contributed by atoms with E-state index in [1.165, 1.54) is 6.07 Å². The van der Waals surface area contributed by atoms with Crippen molar-refractivity contribution >= 4 is 0 Å². The molecule has 0 aliphatic rings. The second-order valence-corrected chi connectivity index (χ2v) is 7.94. The van der Waals surface area contributed by atoms with Crippen LogP contribution in [0.4, 0.5) is 13.2 Å². The minimum Gasteiger partial charge on any atom is -0.171 e. The van der Waals surface area contributed by atoms with Crippen LogP contribution in [0.5, 0.6) is 0 Å². The summed E-state index contributed by atoms with van der Waals surface area (Å²) in [5.41, 5.74) is 5.87. The number of benzene rings is 3. The Hall–Kier alpha value is -3.43. The minimum absolute atomic E-state index is 0.177. The summed E-state index contributed by atoms with van der Waals surface area (Å²) >= 11 is 0. The van der Waals surface area contributed by atoms with Gasteiger partial charge in [-0.2, -0.15) is 13.2 Å². The summed E-state index contributed by atoms with van der Waals surface area (Å²) in [7, 11) is 0. The average Bonchev–Trinajstić information content (AvgIpc) is 2.73. The largest absolute Gasteiger partial charge is 0.393 e. The minimum atomic E-state index is -4.33. The van der Waals surface area contributed by atoms with Gasteiger partial charge in [-0.3, -0.25) is 0 Å². The molecule has 0 aliphatic carbocycles. The third kappa shape index (κ3) is 6.79. The zero-order chi connectivity index (χ0) is 23.1. The second-order valence-electron chi connectivity index (χ2n) is 7.94. The van der Waals surface area contributed by atoms with E-state index in [1.54, 1.807) is 0 Å². The monoisotopic (exact) mass is 430 g/mol. The van der Waals surface area contributed by atoms with E-state index < -0.39 is 12.6 Å². The first-order chi connectivity index (χ1) is 15.2. The molecule has 0 saturated carbocycles. The zero-order valence-corrected chi connectivity index (χ0v) is 18.5. The molecule has 0 bridgehead atoms. The van der Waals surface area contributed by atoms with Crippen LogP contribution in [0.1, 0.15) is 57.9 Å². The highest BCUT2D eigenvalue weighted by molar-refractivity contribution is 5.56. The normalized spacial score (nSPS) is 10.7. The molecule has 0 nitrogen and oxygen atoms in total. The van der Waals surface area contributed by atoms with Crippen molar-refractivity contribution in [3.05, 3.63) is 105 Å². The van der Waals surface area contributed by atoms with Crippen LogP contribution in [-0.2, 0) is 12.8 Å². The molecular formula is C29H25F3. The first-order valence-corrected chi connectivity index (χ1v) is 10.6. The Kier molecular flexibility index (Phi) is 7.45. The lowest BCUT2D eigenvalue weighted by atomic mass is 9.93. The van der Waals surface area contributed by atoms with E-state index in [0.29, 0.717) is 17.5 Å². The van der Waals surface area contributed by atoms with Gasteiger partial charge in [-0.1, -0.05) is 72.4 Å². The van der Waals surface area contributed by atoms with Gasteiger partial charge in [-0.15, -0.1) is 0 Å². The molecule has 0 unspecified atom stereocenters. The smallest absolute Gasteiger partial charge is 0.171 e. The van der Waals surface area contributed by atoms with Crippen LogP contribution in [0.2, 0.25) is 0 Å². The molecule has 32 heavy (non-hydrogen) atoms. The molecule has 0 fully saturated rings. The molecule has 0 heterocycles. The van der Waals surface area contributed by atoms with Gasteiger partial charge < -0.3 is 0 Å². The molecule has 0 aromatic heterocycles. The molecule has 0 aliphatic heterocycles. The molecule has 0 saturated heterocycles. The molecular weight excluding hydrogens is 405 g/mol. The van der Waals surface area contributed by atoms with Crippen LogP contribution in [0.15, 0.2) is 60.7 Å². The standard InChI is InChI=1S/C29H25F3/c1-4-5-26-18-25(15-14-23-10-6-21(2)7-11-23)19-27(20-29(30,31)32)28(26)17-16-24-12-8-22(3)9-13-24/h6-13,18-19H,4-5,20H2,1-3H3. The van der Waals surface area contributed by atoms with Gasteiger partial charge in [-0.05, 0) is 67.8 Å². The van der Waals surface area contributed by atoms with Crippen LogP contribution < -0.4 is 0 Å². The lowest BCUT2D eigenvalue weighted by molar-refractivity contribution is -0.127. The fraction of sp³-hybridized carbons (Fsp3) is 0.241. The number of rotatable bonds is 3. The Labute approximate surface area is 188 Å². The summed E-state index contributed by atoms with van der Waals surface area (Å²) in [6.45, 7) is 5.98. The molecule has 3 aromatic carbocycles. The van der Waals surface area contributed by atoms with Crippen LogP contribution in [-0.4, -0.2) is 6.18 Å². The molecule has 0 atom stereocenters. The van der Waals surface area contributed by atoms with Crippen molar-refractivity contribution < 1.29 is 13.2 Å². The third-order valence-corrected chi connectivity index (χ3v) is 5.00. The van der Waals surface area contributed by atoms with E-state index in [1.807, 2.05) is 75.4 Å². The fourth-order valence-electron chi connectivity index (χ4n) is 3.38. The fourth-order valence-corrected chi connectivity index (χ4v) is 3.38. The summed E-state index contributed by atoms with van der Waals surface area (Å²) in [6, 6.07) is 18.8. The number of halogens is 3. The lowest BCUT2D eigenvalue weighted by Crippen LogP contribution is -2.14. The maximum atomic E-state index is 13.4. The molecule has 0 spiro atoms. The Balaban J connectivity index is 2.08. The van der Waals surface area contributed by atoms with Crippen molar-refractivity contribution in [1.82, 2.24) is 0 Å². The van der Waals surface area contributed by atoms with Gasteiger partial charge >= 0.3 is 6.18 Å². The van der Waals surface area contributed by atoms with E-state index in [0.717, 1.165) is 34.2 Å². The quantitative estimate of drug-likeness (QED) is 0.387. The van der Waals surface area contributed by atoms with Crippen LogP contribution in [0, 0.1) is 37.5 Å². The molecule has 0 radical (unpaired) electrons. The zero-order valence-electron chi connectivity index (χ0n) is 18.5. The summed E-state index contributed by atoms with van der Waals surface area (Å²) in [4.78, 5) is 0. The van der Waals surface area contributed by atoms with Crippen LogP contribution >= 0.6 is 0 Å². The first-order valence-electron chi connectivity index (χ1n) is 10.6. The Morgan fingerprint density at radius 1 is 0.656 bits per heavy atom. The summed E-state index contributed by atoms with van der Waals surface area (Å²) < 4.78 is 40.1. The van der Waals surface area contributed by atoms with Crippen LogP contribution in [0.25, 0.3) is 0 Å². The predicted octanol–water partition coefficient (Wildman–Crippen LogP) is 7.16. The van der Waals surface area contributed by atoms with E-state index in [-0.39, 0.29) is 5.56 Å². The SMILES string of the molecule is CCCc1cc(C#Cc2ccc(C)cc2)cc(CC(F)(F)F)c1C#Cc1ccc(C)cc1. The Morgan fingerprint density at radius 3 is 1.62 bits per heavy atom. The van der Waals surface area contributed by atoms with Gasteiger partial charge in [0.1, 0.15) is 0 Å². The molecule has 3 aromatic rings. The van der Waals surface area contributed by atoms with E-state index in [9.17, 15) is 13.2 Å². The van der Waals surface area contributed by atoms with Gasteiger partial charge in [0.05, 0.1) is 6.42 Å². The highest BCUT2D eigenvalue weighted by Crippen LogP contribution is 2.27. The van der Waals surface area contributed by atoms with Gasteiger partial charge in [0, 0.05) is 22.3 Å². The van der Waals surface area contributed by atoms with Crippen molar-refractivity contribution in [1.29, 1.82) is 0 Å². The van der Waals surface area contributed by atoms with Crippen molar-refractivity contribution in [3.8, 4) is 23.7 Å². The van der Waals surface area contributed by atoms with Gasteiger partial charge in [-0.25, -0.2) is 0 Å². The van der Waals surface area contributed by atoms with Gasteiger partial charge in [0.2, 0.25) is 0 Å². The first kappa shape index (κ1) is 23.2. The van der Waals surface area contributed by atoms with E-state index >= 15 is 0 Å². The molecule has 162 valence electrons. The Morgan fingerprint density at radius 2 is 1.12 bits per heavy atom. The van der Waals surface area contributed by atoms with Crippen molar-refractivity contribution in [3.63, 3.8) is 0 Å². The maximum absolute atomic E-state index is 13.4.